The molecular formula is C15H22N4O3. The van der Waals surface area contributed by atoms with Gasteiger partial charge in [-0.3, -0.25) is 14.7 Å². The van der Waals surface area contributed by atoms with Crippen molar-refractivity contribution in [1.29, 1.82) is 0 Å². The van der Waals surface area contributed by atoms with E-state index in [1.807, 2.05) is 20.8 Å². The molecule has 0 saturated heterocycles. The fourth-order valence-electron chi connectivity index (χ4n) is 2.42. The third-order valence-corrected chi connectivity index (χ3v) is 3.81. The standard InChI is InChI=1S/C15H22N4O3/c1-4-11(20)5-6-16-14(21)7-12-9(2)17-13-8-15(22)18-19(13)10(12)3/h8,11,20H,4-7H2,1-3H3,(H,16,21)(H,18,22). The van der Waals surface area contributed by atoms with Gasteiger partial charge in [-0.05, 0) is 26.7 Å². The molecule has 1 atom stereocenters. The van der Waals surface area contributed by atoms with Gasteiger partial charge >= 0.3 is 0 Å². The highest BCUT2D eigenvalue weighted by molar-refractivity contribution is 5.79. The van der Waals surface area contributed by atoms with E-state index in [9.17, 15) is 14.7 Å². The van der Waals surface area contributed by atoms with Crippen LogP contribution in [0.3, 0.4) is 0 Å². The van der Waals surface area contributed by atoms with E-state index in [2.05, 4.69) is 15.4 Å². The molecule has 2 aromatic rings. The topological polar surface area (TPSA) is 99.5 Å². The Bertz CT molecular complexity index is 732. The number of nitrogens with zero attached hydrogens (tertiary/aromatic N) is 2. The number of hydrogen-bond acceptors (Lipinski definition) is 4. The molecule has 7 nitrogen and oxygen atoms in total. The third kappa shape index (κ3) is 3.54. The fourth-order valence-corrected chi connectivity index (χ4v) is 2.42. The van der Waals surface area contributed by atoms with Gasteiger partial charge in [0.15, 0.2) is 5.65 Å². The Morgan fingerprint density at radius 1 is 1.50 bits per heavy atom. The molecule has 0 spiro atoms. The van der Waals surface area contributed by atoms with E-state index in [0.717, 1.165) is 17.0 Å². The summed E-state index contributed by atoms with van der Waals surface area (Å²) in [5.41, 5.74) is 2.67. The number of aliphatic hydroxyl groups excluding tert-OH is 1. The van der Waals surface area contributed by atoms with Crippen LogP contribution in [0.5, 0.6) is 0 Å². The minimum atomic E-state index is -0.383. The number of hydrogen-bond donors (Lipinski definition) is 3. The molecule has 1 amide bonds. The largest absolute Gasteiger partial charge is 0.393 e. The van der Waals surface area contributed by atoms with Crippen molar-refractivity contribution < 1.29 is 9.90 Å². The number of aryl methyl sites for hydroxylation is 2. The average Bonchev–Trinajstić information content (AvgIpc) is 2.83. The second-order valence-corrected chi connectivity index (χ2v) is 5.45. The molecule has 3 N–H and O–H groups in total. The summed E-state index contributed by atoms with van der Waals surface area (Å²) in [5.74, 6) is -0.120. The molecule has 120 valence electrons. The minimum absolute atomic E-state index is 0.120. The molecule has 0 aliphatic carbocycles. The molecule has 0 aliphatic rings. The number of carbonyl (C=O) groups excluding carboxylic acids is 1. The maximum absolute atomic E-state index is 12.0. The number of aromatic nitrogens is 3. The Kier molecular flexibility index (Phi) is 4.97. The van der Waals surface area contributed by atoms with Gasteiger partial charge in [0.05, 0.1) is 12.5 Å². The predicted molar refractivity (Wildman–Crippen MR) is 82.9 cm³/mol. The number of H-pyrrole nitrogens is 1. The number of aliphatic hydroxyl groups is 1. The highest BCUT2D eigenvalue weighted by Crippen LogP contribution is 2.13. The first-order valence-electron chi connectivity index (χ1n) is 7.45. The summed E-state index contributed by atoms with van der Waals surface area (Å²) < 4.78 is 1.60. The second-order valence-electron chi connectivity index (χ2n) is 5.45. The number of amides is 1. The highest BCUT2D eigenvalue weighted by atomic mass is 16.3. The van der Waals surface area contributed by atoms with Crippen LogP contribution >= 0.6 is 0 Å². The zero-order valence-electron chi connectivity index (χ0n) is 13.1. The van der Waals surface area contributed by atoms with Gasteiger partial charge < -0.3 is 10.4 Å². The van der Waals surface area contributed by atoms with Gasteiger partial charge in [0.2, 0.25) is 5.91 Å². The summed E-state index contributed by atoms with van der Waals surface area (Å²) in [4.78, 5) is 27.8. The lowest BCUT2D eigenvalue weighted by atomic mass is 10.1. The summed E-state index contributed by atoms with van der Waals surface area (Å²) in [7, 11) is 0. The number of aromatic amines is 1. The van der Waals surface area contributed by atoms with Crippen molar-refractivity contribution in [1.82, 2.24) is 19.9 Å². The minimum Gasteiger partial charge on any atom is -0.393 e. The van der Waals surface area contributed by atoms with Crippen LogP contribution in [0.25, 0.3) is 5.65 Å². The molecule has 22 heavy (non-hydrogen) atoms. The number of rotatable bonds is 6. The number of nitrogens with one attached hydrogen (secondary N) is 2. The van der Waals surface area contributed by atoms with E-state index in [-0.39, 0.29) is 24.0 Å². The van der Waals surface area contributed by atoms with E-state index >= 15 is 0 Å². The molecular weight excluding hydrogens is 284 g/mol. The lowest BCUT2D eigenvalue weighted by Crippen LogP contribution is -2.29. The summed E-state index contributed by atoms with van der Waals surface area (Å²) in [6.45, 7) is 6.02. The van der Waals surface area contributed by atoms with Gasteiger partial charge in [-0.25, -0.2) is 9.50 Å². The van der Waals surface area contributed by atoms with Crippen LogP contribution in [0.15, 0.2) is 10.9 Å². The molecule has 0 saturated carbocycles. The average molecular weight is 306 g/mol. The molecule has 0 fully saturated rings. The Balaban J connectivity index is 2.10. The maximum atomic E-state index is 12.0. The first kappa shape index (κ1) is 16.2. The monoisotopic (exact) mass is 306 g/mol. The van der Waals surface area contributed by atoms with Crippen molar-refractivity contribution in [2.45, 2.75) is 46.1 Å². The van der Waals surface area contributed by atoms with Crippen LogP contribution in [0.2, 0.25) is 0 Å². The van der Waals surface area contributed by atoms with Crippen LogP contribution in [-0.4, -0.2) is 38.3 Å². The molecule has 1 unspecified atom stereocenters. The van der Waals surface area contributed by atoms with E-state index in [1.165, 1.54) is 6.07 Å². The maximum Gasteiger partial charge on any atom is 0.266 e. The quantitative estimate of drug-likeness (QED) is 0.722. The van der Waals surface area contributed by atoms with Gasteiger partial charge in [0.1, 0.15) is 0 Å². The van der Waals surface area contributed by atoms with E-state index in [0.29, 0.717) is 25.0 Å². The Hall–Kier alpha value is -2.15. The van der Waals surface area contributed by atoms with Gasteiger partial charge in [0.25, 0.3) is 5.56 Å². The van der Waals surface area contributed by atoms with Crippen molar-refractivity contribution in [2.75, 3.05) is 6.54 Å². The second kappa shape index (κ2) is 6.74. The molecule has 0 radical (unpaired) electrons. The van der Waals surface area contributed by atoms with Crippen LogP contribution in [-0.2, 0) is 11.2 Å². The Morgan fingerprint density at radius 3 is 2.91 bits per heavy atom. The first-order valence-corrected chi connectivity index (χ1v) is 7.45. The molecule has 0 aliphatic heterocycles. The van der Waals surface area contributed by atoms with Crippen molar-refractivity contribution in [3.8, 4) is 0 Å². The Morgan fingerprint density at radius 2 is 2.23 bits per heavy atom. The summed E-state index contributed by atoms with van der Waals surface area (Å²) in [6, 6.07) is 1.43. The zero-order chi connectivity index (χ0) is 16.3. The third-order valence-electron chi connectivity index (χ3n) is 3.81. The van der Waals surface area contributed by atoms with Crippen LogP contribution in [0.1, 0.15) is 36.7 Å². The van der Waals surface area contributed by atoms with Gasteiger partial charge in [-0.2, -0.15) is 0 Å². The highest BCUT2D eigenvalue weighted by Gasteiger charge is 2.14. The van der Waals surface area contributed by atoms with E-state index in [4.69, 9.17) is 0 Å². The molecule has 0 aromatic carbocycles. The van der Waals surface area contributed by atoms with Gasteiger partial charge in [0, 0.05) is 29.6 Å². The zero-order valence-corrected chi connectivity index (χ0v) is 13.1. The summed E-state index contributed by atoms with van der Waals surface area (Å²) in [5, 5.41) is 14.9. The van der Waals surface area contributed by atoms with E-state index < -0.39 is 0 Å². The number of carbonyl (C=O) groups is 1. The lowest BCUT2D eigenvalue weighted by molar-refractivity contribution is -0.120. The lowest BCUT2D eigenvalue weighted by Gasteiger charge is -2.12. The van der Waals surface area contributed by atoms with Gasteiger partial charge in [-0.1, -0.05) is 6.92 Å². The molecule has 2 heterocycles. The number of fused-ring (bicyclic) bond motifs is 1. The van der Waals surface area contributed by atoms with Crippen molar-refractivity contribution >= 4 is 11.6 Å². The normalized spacial score (nSPS) is 12.5. The van der Waals surface area contributed by atoms with Gasteiger partial charge in [-0.15, -0.1) is 0 Å². The van der Waals surface area contributed by atoms with Crippen LogP contribution in [0, 0.1) is 13.8 Å². The molecule has 7 heteroatoms. The fraction of sp³-hybridized carbons (Fsp3) is 0.533. The van der Waals surface area contributed by atoms with Crippen molar-refractivity contribution in [3.05, 3.63) is 33.4 Å². The van der Waals surface area contributed by atoms with E-state index in [1.54, 1.807) is 4.52 Å². The predicted octanol–water partition coefficient (Wildman–Crippen LogP) is 0.459. The van der Waals surface area contributed by atoms with Crippen molar-refractivity contribution in [3.63, 3.8) is 0 Å². The van der Waals surface area contributed by atoms with Crippen LogP contribution in [0.4, 0.5) is 0 Å². The van der Waals surface area contributed by atoms with Crippen LogP contribution < -0.4 is 10.9 Å². The Labute approximate surface area is 128 Å². The first-order chi connectivity index (χ1) is 10.4. The van der Waals surface area contributed by atoms with Crippen molar-refractivity contribution in [2.24, 2.45) is 0 Å². The SMILES string of the molecule is CCC(O)CCNC(=O)Cc1c(C)nc2cc(=O)[nH]n2c1C. The summed E-state index contributed by atoms with van der Waals surface area (Å²) in [6.07, 6.45) is 1.04. The summed E-state index contributed by atoms with van der Waals surface area (Å²) >= 11 is 0. The smallest absolute Gasteiger partial charge is 0.266 e. The molecule has 0 bridgehead atoms. The molecule has 2 aromatic heterocycles. The molecule has 2 rings (SSSR count).